The minimum Gasteiger partial charge on any atom is -0.480 e. The molecular weight excluding hydrogens is 220 g/mol. The summed E-state index contributed by atoms with van der Waals surface area (Å²) in [6, 6.07) is 0. The minimum absolute atomic E-state index is 0.0207. The van der Waals surface area contributed by atoms with Gasteiger partial charge in [-0.1, -0.05) is 0 Å². The molecule has 0 radical (unpaired) electrons. The molecular formula is C8H14N2O6. The van der Waals surface area contributed by atoms with Crippen molar-refractivity contribution in [2.75, 3.05) is 32.8 Å². The Morgan fingerprint density at radius 2 is 1.75 bits per heavy atom. The quantitative estimate of drug-likeness (QED) is 0.392. The van der Waals surface area contributed by atoms with Crippen molar-refractivity contribution in [3.05, 3.63) is 0 Å². The van der Waals surface area contributed by atoms with Crippen molar-refractivity contribution in [2.45, 2.75) is 0 Å². The van der Waals surface area contributed by atoms with Gasteiger partial charge in [0.25, 0.3) is 0 Å². The van der Waals surface area contributed by atoms with Gasteiger partial charge < -0.3 is 20.7 Å². The fourth-order valence-electron chi connectivity index (χ4n) is 0.979. The first-order valence-electron chi connectivity index (χ1n) is 4.43. The topological polar surface area (TPSA) is 130 Å². The zero-order valence-corrected chi connectivity index (χ0v) is 8.59. The fraction of sp³-hybridized carbons (Fsp3) is 0.625. The number of carboxylic acid groups (broad SMARTS) is 2. The molecule has 4 N–H and O–H groups in total. The highest BCUT2D eigenvalue weighted by atomic mass is 16.5. The monoisotopic (exact) mass is 234 g/mol. The van der Waals surface area contributed by atoms with Crippen LogP contribution < -0.4 is 5.73 Å². The number of aliphatic carboxylic acids is 2. The molecule has 0 fully saturated rings. The van der Waals surface area contributed by atoms with Crippen molar-refractivity contribution in [1.29, 1.82) is 0 Å². The molecule has 0 aliphatic rings. The van der Waals surface area contributed by atoms with E-state index in [2.05, 4.69) is 0 Å². The van der Waals surface area contributed by atoms with Gasteiger partial charge in [0.05, 0.1) is 19.7 Å². The van der Waals surface area contributed by atoms with E-state index < -0.39 is 24.5 Å². The number of hydrogen-bond donors (Lipinski definition) is 3. The molecule has 0 heterocycles. The number of nitrogens with two attached hydrogens (primary N) is 1. The SMILES string of the molecule is NC(=O)CN(CCOCC(=O)O)CC(=O)O. The number of hydrogen-bond acceptors (Lipinski definition) is 5. The summed E-state index contributed by atoms with van der Waals surface area (Å²) >= 11 is 0. The van der Waals surface area contributed by atoms with E-state index >= 15 is 0 Å². The molecule has 0 atom stereocenters. The normalized spacial score (nSPS) is 10.3. The zero-order chi connectivity index (χ0) is 12.6. The van der Waals surface area contributed by atoms with Crippen LogP contribution in [0.15, 0.2) is 0 Å². The predicted molar refractivity (Wildman–Crippen MR) is 51.7 cm³/mol. The molecule has 8 nitrogen and oxygen atoms in total. The van der Waals surface area contributed by atoms with Crippen molar-refractivity contribution in [2.24, 2.45) is 5.73 Å². The molecule has 92 valence electrons. The van der Waals surface area contributed by atoms with Gasteiger partial charge in [-0.2, -0.15) is 0 Å². The standard InChI is InChI=1S/C8H14N2O6/c9-6(11)3-10(4-7(12)13)1-2-16-5-8(14)15/h1-5H2,(H2,9,11)(H,12,13)(H,14,15). The van der Waals surface area contributed by atoms with E-state index in [4.69, 9.17) is 20.7 Å². The Balaban J connectivity index is 3.86. The van der Waals surface area contributed by atoms with Crippen molar-refractivity contribution in [3.8, 4) is 0 Å². The molecule has 1 amide bonds. The van der Waals surface area contributed by atoms with Crippen LogP contribution in [0.25, 0.3) is 0 Å². The van der Waals surface area contributed by atoms with Crippen molar-refractivity contribution in [1.82, 2.24) is 4.90 Å². The van der Waals surface area contributed by atoms with Gasteiger partial charge in [-0.15, -0.1) is 0 Å². The molecule has 0 saturated carbocycles. The Morgan fingerprint density at radius 1 is 1.12 bits per heavy atom. The number of ether oxygens (including phenoxy) is 1. The van der Waals surface area contributed by atoms with Gasteiger partial charge in [-0.05, 0) is 0 Å². The van der Waals surface area contributed by atoms with Crippen molar-refractivity contribution >= 4 is 17.8 Å². The van der Waals surface area contributed by atoms with E-state index in [0.29, 0.717) is 0 Å². The number of rotatable bonds is 9. The van der Waals surface area contributed by atoms with Crippen LogP contribution in [-0.2, 0) is 19.1 Å². The van der Waals surface area contributed by atoms with Crippen LogP contribution in [0, 0.1) is 0 Å². The van der Waals surface area contributed by atoms with Crippen LogP contribution in [0.1, 0.15) is 0 Å². The van der Waals surface area contributed by atoms with Crippen LogP contribution in [0.2, 0.25) is 0 Å². The van der Waals surface area contributed by atoms with E-state index in [1.807, 2.05) is 0 Å². The first-order chi connectivity index (χ1) is 7.41. The molecule has 0 rings (SSSR count). The summed E-state index contributed by atoms with van der Waals surface area (Å²) in [5.41, 5.74) is 4.91. The largest absolute Gasteiger partial charge is 0.480 e. The number of nitrogens with zero attached hydrogens (tertiary/aromatic N) is 1. The number of primary amides is 1. The Bertz CT molecular complexity index is 251. The maximum absolute atomic E-state index is 10.6. The smallest absolute Gasteiger partial charge is 0.329 e. The maximum atomic E-state index is 10.6. The molecule has 0 aromatic heterocycles. The lowest BCUT2D eigenvalue weighted by Gasteiger charge is -2.17. The summed E-state index contributed by atoms with van der Waals surface area (Å²) < 4.78 is 4.70. The molecule has 0 saturated heterocycles. The third kappa shape index (κ3) is 8.91. The average molecular weight is 234 g/mol. The lowest BCUT2D eigenvalue weighted by atomic mass is 10.4. The third-order valence-electron chi connectivity index (χ3n) is 1.52. The molecule has 0 aliphatic heterocycles. The Labute approximate surface area is 91.6 Å². The predicted octanol–water partition coefficient (Wildman–Crippen LogP) is -2.04. The van der Waals surface area contributed by atoms with Gasteiger partial charge in [0.1, 0.15) is 6.61 Å². The summed E-state index contributed by atoms with van der Waals surface area (Å²) in [5.74, 6) is -2.86. The lowest BCUT2D eigenvalue weighted by molar-refractivity contribution is -0.143. The molecule has 16 heavy (non-hydrogen) atoms. The number of amides is 1. The molecule has 0 unspecified atom stereocenters. The minimum atomic E-state index is -1.11. The lowest BCUT2D eigenvalue weighted by Crippen LogP contribution is -2.39. The maximum Gasteiger partial charge on any atom is 0.329 e. The molecule has 0 bridgehead atoms. The van der Waals surface area contributed by atoms with Crippen LogP contribution in [0.4, 0.5) is 0 Å². The van der Waals surface area contributed by atoms with Gasteiger partial charge in [-0.25, -0.2) is 4.79 Å². The summed E-state index contributed by atoms with van der Waals surface area (Å²) in [6.45, 7) is -0.866. The average Bonchev–Trinajstić information content (AvgIpc) is 2.09. The molecule has 8 heteroatoms. The van der Waals surface area contributed by atoms with E-state index in [9.17, 15) is 14.4 Å². The highest BCUT2D eigenvalue weighted by Gasteiger charge is 2.12. The Kier molecular flexibility index (Phi) is 6.81. The summed E-state index contributed by atoms with van der Waals surface area (Å²) in [4.78, 5) is 32.3. The molecule has 0 aromatic rings. The molecule has 0 aliphatic carbocycles. The molecule has 0 aromatic carbocycles. The van der Waals surface area contributed by atoms with Gasteiger partial charge in [0.15, 0.2) is 0 Å². The van der Waals surface area contributed by atoms with Crippen molar-refractivity contribution < 1.29 is 29.3 Å². The fourth-order valence-corrected chi connectivity index (χ4v) is 0.979. The van der Waals surface area contributed by atoms with Crippen LogP contribution in [-0.4, -0.2) is 65.8 Å². The van der Waals surface area contributed by atoms with Crippen LogP contribution in [0.3, 0.4) is 0 Å². The first kappa shape index (κ1) is 14.3. The zero-order valence-electron chi connectivity index (χ0n) is 8.59. The summed E-state index contributed by atoms with van der Waals surface area (Å²) in [6.07, 6.45) is 0. The number of carboxylic acids is 2. The summed E-state index contributed by atoms with van der Waals surface area (Å²) in [7, 11) is 0. The van der Waals surface area contributed by atoms with Crippen LogP contribution in [0.5, 0.6) is 0 Å². The number of carbonyl (C=O) groups is 3. The second kappa shape index (κ2) is 7.60. The summed E-state index contributed by atoms with van der Waals surface area (Å²) in [5, 5.41) is 16.8. The van der Waals surface area contributed by atoms with Gasteiger partial charge in [0, 0.05) is 6.54 Å². The van der Waals surface area contributed by atoms with E-state index in [0.717, 1.165) is 0 Å². The van der Waals surface area contributed by atoms with Gasteiger partial charge in [0.2, 0.25) is 5.91 Å². The highest BCUT2D eigenvalue weighted by Crippen LogP contribution is 1.88. The molecule has 0 spiro atoms. The Hall–Kier alpha value is -1.67. The third-order valence-corrected chi connectivity index (χ3v) is 1.52. The number of carbonyl (C=O) groups excluding carboxylic acids is 1. The second-order valence-corrected chi connectivity index (χ2v) is 3.02. The first-order valence-corrected chi connectivity index (χ1v) is 4.43. The highest BCUT2D eigenvalue weighted by molar-refractivity contribution is 5.77. The van der Waals surface area contributed by atoms with E-state index in [1.165, 1.54) is 4.90 Å². The van der Waals surface area contributed by atoms with Crippen LogP contribution >= 0.6 is 0 Å². The van der Waals surface area contributed by atoms with E-state index in [-0.39, 0.29) is 26.2 Å². The van der Waals surface area contributed by atoms with E-state index in [1.54, 1.807) is 0 Å². The second-order valence-electron chi connectivity index (χ2n) is 3.02. The van der Waals surface area contributed by atoms with Crippen molar-refractivity contribution in [3.63, 3.8) is 0 Å². The van der Waals surface area contributed by atoms with Gasteiger partial charge >= 0.3 is 11.9 Å². The van der Waals surface area contributed by atoms with Gasteiger partial charge in [-0.3, -0.25) is 14.5 Å². The Morgan fingerprint density at radius 3 is 2.19 bits per heavy atom.